The number of hydrogen-bond donors (Lipinski definition) is 1. The molecule has 110 valence electrons. The standard InChI is InChI=1S/C17H14N2O2S/c20-22(21)8-7-13-9-12(5-6-17(13)19-22)16-11-18-10-14-3-1-2-4-15(14)16/h1-6,9-11,19H,7-8H2. The zero-order chi connectivity index (χ0) is 15.2. The number of anilines is 1. The molecule has 3 aromatic rings. The molecule has 2 heterocycles. The van der Waals surface area contributed by atoms with Gasteiger partial charge in [0.25, 0.3) is 0 Å². The van der Waals surface area contributed by atoms with E-state index in [2.05, 4.69) is 21.8 Å². The molecule has 4 rings (SSSR count). The average molecular weight is 310 g/mol. The Bertz CT molecular complexity index is 976. The van der Waals surface area contributed by atoms with E-state index in [4.69, 9.17) is 0 Å². The molecule has 5 heteroatoms. The van der Waals surface area contributed by atoms with Gasteiger partial charge in [-0.05, 0) is 35.1 Å². The Morgan fingerprint density at radius 3 is 2.82 bits per heavy atom. The van der Waals surface area contributed by atoms with E-state index in [0.717, 1.165) is 27.5 Å². The molecule has 22 heavy (non-hydrogen) atoms. The van der Waals surface area contributed by atoms with Crippen LogP contribution in [-0.4, -0.2) is 19.2 Å². The first-order valence-electron chi connectivity index (χ1n) is 7.09. The first-order valence-corrected chi connectivity index (χ1v) is 8.74. The molecule has 1 aliphatic rings. The number of benzene rings is 2. The Hall–Kier alpha value is -2.40. The number of nitrogens with one attached hydrogen (secondary N) is 1. The van der Waals surface area contributed by atoms with Gasteiger partial charge in [-0.3, -0.25) is 9.71 Å². The quantitative estimate of drug-likeness (QED) is 0.751. The summed E-state index contributed by atoms with van der Waals surface area (Å²) in [5, 5.41) is 2.24. The minimum absolute atomic E-state index is 0.136. The van der Waals surface area contributed by atoms with Crippen molar-refractivity contribution >= 4 is 26.5 Å². The molecular formula is C17H14N2O2S. The van der Waals surface area contributed by atoms with Gasteiger partial charge in [0.15, 0.2) is 0 Å². The Morgan fingerprint density at radius 2 is 1.91 bits per heavy atom. The van der Waals surface area contributed by atoms with Crippen LogP contribution in [0.1, 0.15) is 5.56 Å². The Morgan fingerprint density at radius 1 is 1.05 bits per heavy atom. The summed E-state index contributed by atoms with van der Waals surface area (Å²) in [5.41, 5.74) is 3.84. The van der Waals surface area contributed by atoms with Crippen LogP contribution in [0.4, 0.5) is 5.69 Å². The second-order valence-electron chi connectivity index (χ2n) is 5.45. The number of nitrogens with zero attached hydrogens (tertiary/aromatic N) is 1. The summed E-state index contributed by atoms with van der Waals surface area (Å²) in [4.78, 5) is 4.31. The number of aromatic nitrogens is 1. The van der Waals surface area contributed by atoms with E-state index in [9.17, 15) is 8.42 Å². The fraction of sp³-hybridized carbons (Fsp3) is 0.118. The minimum Gasteiger partial charge on any atom is -0.283 e. The highest BCUT2D eigenvalue weighted by Gasteiger charge is 2.20. The Kier molecular flexibility index (Phi) is 2.90. The van der Waals surface area contributed by atoms with Crippen LogP contribution in [0.3, 0.4) is 0 Å². The lowest BCUT2D eigenvalue weighted by Crippen LogP contribution is -2.23. The number of aryl methyl sites for hydroxylation is 1. The van der Waals surface area contributed by atoms with Gasteiger partial charge < -0.3 is 0 Å². The predicted molar refractivity (Wildman–Crippen MR) is 88.3 cm³/mol. The van der Waals surface area contributed by atoms with Gasteiger partial charge in [0, 0.05) is 23.3 Å². The van der Waals surface area contributed by atoms with Crippen molar-refractivity contribution in [3.05, 3.63) is 60.4 Å². The van der Waals surface area contributed by atoms with Crippen LogP contribution in [0.25, 0.3) is 21.9 Å². The number of rotatable bonds is 1. The van der Waals surface area contributed by atoms with Crippen LogP contribution in [0, 0.1) is 0 Å². The fourth-order valence-corrected chi connectivity index (χ4v) is 4.00. The zero-order valence-electron chi connectivity index (χ0n) is 11.8. The molecular weight excluding hydrogens is 296 g/mol. The first kappa shape index (κ1) is 13.3. The number of pyridine rings is 1. The highest BCUT2D eigenvalue weighted by molar-refractivity contribution is 7.92. The van der Waals surface area contributed by atoms with E-state index in [1.165, 1.54) is 0 Å². The number of fused-ring (bicyclic) bond motifs is 2. The van der Waals surface area contributed by atoms with Crippen molar-refractivity contribution in [2.45, 2.75) is 6.42 Å². The minimum atomic E-state index is -3.17. The van der Waals surface area contributed by atoms with Crippen molar-refractivity contribution in [2.24, 2.45) is 0 Å². The second kappa shape index (κ2) is 4.81. The maximum absolute atomic E-state index is 11.6. The lowest BCUT2D eigenvalue weighted by molar-refractivity contribution is 0.599. The SMILES string of the molecule is O=S1(=O)CCc2cc(-c3cncc4ccccc34)ccc2N1. The molecule has 4 nitrogen and oxygen atoms in total. The third-order valence-electron chi connectivity index (χ3n) is 3.99. The van der Waals surface area contributed by atoms with E-state index in [1.54, 1.807) is 0 Å². The normalized spacial score (nSPS) is 16.0. The van der Waals surface area contributed by atoms with Crippen LogP contribution in [0.5, 0.6) is 0 Å². The van der Waals surface area contributed by atoms with Gasteiger partial charge in [-0.25, -0.2) is 8.42 Å². The third-order valence-corrected chi connectivity index (χ3v) is 5.26. The van der Waals surface area contributed by atoms with E-state index in [-0.39, 0.29) is 5.75 Å². The highest BCUT2D eigenvalue weighted by Crippen LogP contribution is 2.32. The van der Waals surface area contributed by atoms with Crippen molar-refractivity contribution < 1.29 is 8.42 Å². The molecule has 0 saturated carbocycles. The van der Waals surface area contributed by atoms with Crippen molar-refractivity contribution in [1.29, 1.82) is 0 Å². The predicted octanol–water partition coefficient (Wildman–Crippen LogP) is 3.20. The summed E-state index contributed by atoms with van der Waals surface area (Å²) in [6.07, 6.45) is 4.25. The molecule has 1 aliphatic heterocycles. The molecule has 0 fully saturated rings. The van der Waals surface area contributed by atoms with Crippen molar-refractivity contribution in [2.75, 3.05) is 10.5 Å². The molecule has 0 saturated heterocycles. The van der Waals surface area contributed by atoms with E-state index in [0.29, 0.717) is 12.1 Å². The number of hydrogen-bond acceptors (Lipinski definition) is 3. The molecule has 1 aromatic heterocycles. The largest absolute Gasteiger partial charge is 0.283 e. The average Bonchev–Trinajstić information content (AvgIpc) is 2.53. The van der Waals surface area contributed by atoms with E-state index >= 15 is 0 Å². The summed E-state index contributed by atoms with van der Waals surface area (Å²) >= 11 is 0. The molecule has 0 bridgehead atoms. The van der Waals surface area contributed by atoms with Crippen molar-refractivity contribution in [3.8, 4) is 11.1 Å². The van der Waals surface area contributed by atoms with Gasteiger partial charge >= 0.3 is 0 Å². The zero-order valence-corrected chi connectivity index (χ0v) is 12.6. The summed E-state index contributed by atoms with van der Waals surface area (Å²) in [7, 11) is -3.17. The van der Waals surface area contributed by atoms with Crippen LogP contribution < -0.4 is 4.72 Å². The fourth-order valence-electron chi connectivity index (χ4n) is 2.88. The van der Waals surface area contributed by atoms with Crippen molar-refractivity contribution in [3.63, 3.8) is 0 Å². The Balaban J connectivity index is 1.87. The van der Waals surface area contributed by atoms with E-state index in [1.807, 2.05) is 42.7 Å². The molecule has 0 radical (unpaired) electrons. The van der Waals surface area contributed by atoms with Gasteiger partial charge in [0.05, 0.1) is 11.4 Å². The topological polar surface area (TPSA) is 59.1 Å². The van der Waals surface area contributed by atoms with Gasteiger partial charge in [-0.1, -0.05) is 30.3 Å². The molecule has 0 unspecified atom stereocenters. The second-order valence-corrected chi connectivity index (χ2v) is 7.29. The summed E-state index contributed by atoms with van der Waals surface area (Å²) in [6.45, 7) is 0. The molecule has 0 spiro atoms. The molecule has 2 aromatic carbocycles. The molecule has 1 N–H and O–H groups in total. The lowest BCUT2D eigenvalue weighted by atomic mass is 9.98. The van der Waals surface area contributed by atoms with Crippen LogP contribution >= 0.6 is 0 Å². The van der Waals surface area contributed by atoms with Crippen molar-refractivity contribution in [1.82, 2.24) is 4.98 Å². The van der Waals surface area contributed by atoms with Gasteiger partial charge in [0.2, 0.25) is 10.0 Å². The smallest absolute Gasteiger partial charge is 0.233 e. The highest BCUT2D eigenvalue weighted by atomic mass is 32.2. The lowest BCUT2D eigenvalue weighted by Gasteiger charge is -2.19. The first-order chi connectivity index (χ1) is 10.6. The maximum Gasteiger partial charge on any atom is 0.233 e. The molecule has 0 atom stereocenters. The summed E-state index contributed by atoms with van der Waals surface area (Å²) in [6, 6.07) is 14.0. The van der Waals surface area contributed by atoms with Gasteiger partial charge in [-0.2, -0.15) is 0 Å². The summed E-state index contributed by atoms with van der Waals surface area (Å²) in [5.74, 6) is 0.136. The monoisotopic (exact) mass is 310 g/mol. The van der Waals surface area contributed by atoms with Crippen LogP contribution in [0.2, 0.25) is 0 Å². The summed E-state index contributed by atoms with van der Waals surface area (Å²) < 4.78 is 25.9. The van der Waals surface area contributed by atoms with Gasteiger partial charge in [0.1, 0.15) is 0 Å². The van der Waals surface area contributed by atoms with Crippen LogP contribution in [0.15, 0.2) is 54.9 Å². The number of sulfonamides is 1. The van der Waals surface area contributed by atoms with Gasteiger partial charge in [-0.15, -0.1) is 0 Å². The third kappa shape index (κ3) is 2.23. The van der Waals surface area contributed by atoms with Crippen LogP contribution in [-0.2, 0) is 16.4 Å². The molecule has 0 amide bonds. The maximum atomic E-state index is 11.6. The van der Waals surface area contributed by atoms with E-state index < -0.39 is 10.0 Å². The Labute approximate surface area is 128 Å². The molecule has 0 aliphatic carbocycles.